The second-order valence-electron chi connectivity index (χ2n) is 4.15. The summed E-state index contributed by atoms with van der Waals surface area (Å²) < 4.78 is 24.2. The average Bonchev–Trinajstić information content (AvgIpc) is 2.48. The minimum Gasteiger partial charge on any atom is -0.481 e. The molecule has 1 aromatic rings. The maximum Gasteiger partial charge on any atom is 0.311 e. The first-order chi connectivity index (χ1) is 7.84. The molecule has 2 rings (SSSR count). The van der Waals surface area contributed by atoms with Gasteiger partial charge in [0.25, 0.3) is 0 Å². The lowest BCUT2D eigenvalue weighted by Crippen LogP contribution is -2.16. The molecule has 0 amide bonds. The Morgan fingerprint density at radius 1 is 1.35 bits per heavy atom. The molecule has 0 saturated carbocycles. The van der Waals surface area contributed by atoms with Crippen LogP contribution in [0, 0.1) is 12.8 Å². The fraction of sp³-hybridized carbons (Fsp3) is 0.250. The summed E-state index contributed by atoms with van der Waals surface area (Å²) in [5, 5.41) is 8.90. The van der Waals surface area contributed by atoms with Crippen molar-refractivity contribution in [2.24, 2.45) is 5.92 Å². The van der Waals surface area contributed by atoms with E-state index in [1.54, 1.807) is 12.1 Å². The Morgan fingerprint density at radius 2 is 2.00 bits per heavy atom. The van der Waals surface area contributed by atoms with Crippen LogP contribution < -0.4 is 0 Å². The van der Waals surface area contributed by atoms with Gasteiger partial charge < -0.3 is 5.11 Å². The zero-order chi connectivity index (χ0) is 12.8. The van der Waals surface area contributed by atoms with E-state index >= 15 is 0 Å². The number of hydrogen-bond donors (Lipinski definition) is 1. The number of fused-ring (bicyclic) bond motifs is 1. The van der Waals surface area contributed by atoms with Crippen LogP contribution in [0.5, 0.6) is 0 Å². The van der Waals surface area contributed by atoms with Crippen molar-refractivity contribution in [3.8, 4) is 0 Å². The Balaban J connectivity index is 2.62. The predicted molar refractivity (Wildman–Crippen MR) is 63.1 cm³/mol. The normalized spacial score (nSPS) is 18.4. The van der Waals surface area contributed by atoms with Crippen LogP contribution in [0.4, 0.5) is 0 Å². The van der Waals surface area contributed by atoms with Gasteiger partial charge in [0.2, 0.25) is 9.84 Å². The Hall–Kier alpha value is -1.62. The molecule has 1 aliphatic rings. The predicted octanol–water partition coefficient (Wildman–Crippen LogP) is 1.84. The van der Waals surface area contributed by atoms with Crippen molar-refractivity contribution in [3.05, 3.63) is 34.2 Å². The van der Waals surface area contributed by atoms with Crippen molar-refractivity contribution >= 4 is 21.9 Å². The van der Waals surface area contributed by atoms with E-state index in [1.165, 1.54) is 19.1 Å². The third-order valence-electron chi connectivity index (χ3n) is 2.86. The number of carbonyl (C=O) groups is 1. The molecule has 1 aliphatic heterocycles. The Labute approximate surface area is 99.5 Å². The summed E-state index contributed by atoms with van der Waals surface area (Å²) in [5.41, 5.74) is 1.52. The molecule has 1 atom stereocenters. The van der Waals surface area contributed by atoms with E-state index in [1.807, 2.05) is 6.92 Å². The van der Waals surface area contributed by atoms with Crippen molar-refractivity contribution in [3.63, 3.8) is 0 Å². The molecule has 90 valence electrons. The fourth-order valence-electron chi connectivity index (χ4n) is 1.86. The smallest absolute Gasteiger partial charge is 0.311 e. The van der Waals surface area contributed by atoms with E-state index in [0.717, 1.165) is 5.56 Å². The summed E-state index contributed by atoms with van der Waals surface area (Å²) >= 11 is 0. The number of aryl methyl sites for hydroxylation is 1. The zero-order valence-electron chi connectivity index (χ0n) is 9.47. The summed E-state index contributed by atoms with van der Waals surface area (Å²) in [5.74, 6) is -2.16. The highest BCUT2D eigenvalue weighted by atomic mass is 32.2. The highest BCUT2D eigenvalue weighted by Gasteiger charge is 2.35. The first-order valence-corrected chi connectivity index (χ1v) is 6.62. The van der Waals surface area contributed by atoms with Crippen molar-refractivity contribution in [1.82, 2.24) is 0 Å². The molecule has 4 nitrogen and oxygen atoms in total. The molecular formula is C12H12O4S. The van der Waals surface area contributed by atoms with Gasteiger partial charge in [-0.15, -0.1) is 0 Å². The van der Waals surface area contributed by atoms with Crippen LogP contribution in [0.15, 0.2) is 28.0 Å². The van der Waals surface area contributed by atoms with Gasteiger partial charge in [0.05, 0.1) is 15.7 Å². The number of carboxylic acid groups (broad SMARTS) is 1. The monoisotopic (exact) mass is 252 g/mol. The molecule has 1 aromatic carbocycles. The van der Waals surface area contributed by atoms with Gasteiger partial charge in [-0.1, -0.05) is 17.7 Å². The van der Waals surface area contributed by atoms with Crippen LogP contribution >= 0.6 is 0 Å². The molecule has 0 bridgehead atoms. The molecule has 17 heavy (non-hydrogen) atoms. The molecular weight excluding hydrogens is 240 g/mol. The topological polar surface area (TPSA) is 71.4 Å². The van der Waals surface area contributed by atoms with Crippen molar-refractivity contribution in [2.45, 2.75) is 18.7 Å². The number of carboxylic acids is 1. The first kappa shape index (κ1) is 11.9. The van der Waals surface area contributed by atoms with E-state index in [0.29, 0.717) is 5.56 Å². The lowest BCUT2D eigenvalue weighted by atomic mass is 10.1. The van der Waals surface area contributed by atoms with E-state index < -0.39 is 21.7 Å². The SMILES string of the molecule is Cc1ccc2c(c1)C=C(C(C)C(=O)O)S2(=O)=O. The summed E-state index contributed by atoms with van der Waals surface area (Å²) in [6, 6.07) is 4.98. The van der Waals surface area contributed by atoms with Gasteiger partial charge in [-0.05, 0) is 31.6 Å². The van der Waals surface area contributed by atoms with Gasteiger partial charge in [-0.25, -0.2) is 8.42 Å². The Morgan fingerprint density at radius 3 is 2.59 bits per heavy atom. The molecule has 0 spiro atoms. The number of sulfone groups is 1. The van der Waals surface area contributed by atoms with Gasteiger partial charge in [0.1, 0.15) is 0 Å². The van der Waals surface area contributed by atoms with Crippen LogP contribution in [0.1, 0.15) is 18.1 Å². The largest absolute Gasteiger partial charge is 0.481 e. The van der Waals surface area contributed by atoms with Crippen LogP contribution in [-0.4, -0.2) is 19.5 Å². The lowest BCUT2D eigenvalue weighted by Gasteiger charge is -2.07. The summed E-state index contributed by atoms with van der Waals surface area (Å²) in [6.07, 6.45) is 1.45. The molecule has 0 fully saturated rings. The molecule has 0 aromatic heterocycles. The quantitative estimate of drug-likeness (QED) is 0.871. The van der Waals surface area contributed by atoms with Gasteiger partial charge in [0.15, 0.2) is 0 Å². The third kappa shape index (κ3) is 1.76. The first-order valence-electron chi connectivity index (χ1n) is 5.14. The third-order valence-corrected chi connectivity index (χ3v) is 4.90. The van der Waals surface area contributed by atoms with Crippen LogP contribution in [0.25, 0.3) is 6.08 Å². The van der Waals surface area contributed by atoms with Gasteiger partial charge >= 0.3 is 5.97 Å². The van der Waals surface area contributed by atoms with Gasteiger partial charge in [0, 0.05) is 0 Å². The van der Waals surface area contributed by atoms with Gasteiger partial charge in [-0.2, -0.15) is 0 Å². The van der Waals surface area contributed by atoms with Crippen molar-refractivity contribution in [2.75, 3.05) is 0 Å². The number of hydrogen-bond acceptors (Lipinski definition) is 3. The molecule has 1 heterocycles. The number of aliphatic carboxylic acids is 1. The second kappa shape index (κ2) is 3.70. The maximum absolute atomic E-state index is 12.1. The standard InChI is InChI=1S/C12H12O4S/c1-7-3-4-10-9(5-7)6-11(17(10,15)16)8(2)12(13)14/h3-6,8H,1-2H3,(H,13,14). The van der Waals surface area contributed by atoms with Crippen molar-refractivity contribution in [1.29, 1.82) is 0 Å². The second-order valence-corrected chi connectivity index (χ2v) is 6.07. The van der Waals surface area contributed by atoms with Crippen LogP contribution in [0.2, 0.25) is 0 Å². The highest BCUT2D eigenvalue weighted by Crippen LogP contribution is 2.37. The average molecular weight is 252 g/mol. The molecule has 0 radical (unpaired) electrons. The molecule has 0 aliphatic carbocycles. The molecule has 1 N–H and O–H groups in total. The molecule has 1 unspecified atom stereocenters. The minimum absolute atomic E-state index is 0.0365. The highest BCUT2D eigenvalue weighted by molar-refractivity contribution is 7.95. The summed E-state index contributed by atoms with van der Waals surface area (Å²) in [4.78, 5) is 11.1. The Kier molecular flexibility index (Phi) is 2.58. The maximum atomic E-state index is 12.1. The van der Waals surface area contributed by atoms with E-state index in [2.05, 4.69) is 0 Å². The molecule has 5 heteroatoms. The molecule has 0 saturated heterocycles. The summed E-state index contributed by atoms with van der Waals surface area (Å²) in [6.45, 7) is 3.24. The van der Waals surface area contributed by atoms with Crippen molar-refractivity contribution < 1.29 is 18.3 Å². The van der Waals surface area contributed by atoms with Gasteiger partial charge in [-0.3, -0.25) is 4.79 Å². The summed E-state index contributed by atoms with van der Waals surface area (Å²) in [7, 11) is -3.63. The van der Waals surface area contributed by atoms with Crippen LogP contribution in [0.3, 0.4) is 0 Å². The number of rotatable bonds is 2. The number of benzene rings is 1. The fourth-order valence-corrected chi connectivity index (χ4v) is 3.64. The minimum atomic E-state index is -3.63. The van der Waals surface area contributed by atoms with E-state index in [9.17, 15) is 13.2 Å². The zero-order valence-corrected chi connectivity index (χ0v) is 10.3. The van der Waals surface area contributed by atoms with E-state index in [4.69, 9.17) is 5.11 Å². The Bertz CT molecular complexity index is 626. The lowest BCUT2D eigenvalue weighted by molar-refractivity contribution is -0.139. The van der Waals surface area contributed by atoms with E-state index in [-0.39, 0.29) is 9.80 Å². The van der Waals surface area contributed by atoms with Crippen LogP contribution in [-0.2, 0) is 14.6 Å².